The maximum atomic E-state index is 13.1. The molecule has 0 aliphatic heterocycles. The number of halogens is 1. The molecule has 22 heavy (non-hydrogen) atoms. The zero-order valence-corrected chi connectivity index (χ0v) is 13.8. The third kappa shape index (κ3) is 5.15. The number of thiophene rings is 1. The third-order valence-corrected chi connectivity index (χ3v) is 4.21. The van der Waals surface area contributed by atoms with E-state index in [9.17, 15) is 4.39 Å². The number of benzene rings is 1. The Labute approximate surface area is 135 Å². The Hall–Kier alpha value is -1.88. The fourth-order valence-corrected chi connectivity index (χ4v) is 2.94. The predicted octanol–water partition coefficient (Wildman–Crippen LogP) is 3.40. The van der Waals surface area contributed by atoms with Crippen molar-refractivity contribution in [2.24, 2.45) is 4.99 Å². The first kappa shape index (κ1) is 16.5. The number of rotatable bonds is 6. The van der Waals surface area contributed by atoms with Gasteiger partial charge in [-0.15, -0.1) is 0 Å². The van der Waals surface area contributed by atoms with Crippen molar-refractivity contribution >= 4 is 17.3 Å². The first-order chi connectivity index (χ1) is 10.7. The molecular formula is C17H22FN3S. The normalized spacial score (nSPS) is 13.0. The van der Waals surface area contributed by atoms with Crippen LogP contribution in [0.1, 0.15) is 24.0 Å². The van der Waals surface area contributed by atoms with E-state index in [2.05, 4.69) is 39.4 Å². The highest BCUT2D eigenvalue weighted by Crippen LogP contribution is 2.16. The quantitative estimate of drug-likeness (QED) is 0.632. The minimum absolute atomic E-state index is 0.190. The van der Waals surface area contributed by atoms with E-state index < -0.39 is 0 Å². The smallest absolute Gasteiger partial charge is 0.191 e. The summed E-state index contributed by atoms with van der Waals surface area (Å²) in [7, 11) is 1.76. The summed E-state index contributed by atoms with van der Waals surface area (Å²) in [5.74, 6) is 1.02. The van der Waals surface area contributed by atoms with Crippen molar-refractivity contribution < 1.29 is 4.39 Å². The standard InChI is InChI=1S/C17H22FN3S/c1-13(15-7-9-22-12-15)11-21-17(19-2)20-8-6-14-4-3-5-16(18)10-14/h3-5,7,9-10,12-13H,6,8,11H2,1-2H3,(H2,19,20,21). The van der Waals surface area contributed by atoms with E-state index >= 15 is 0 Å². The molecule has 0 spiro atoms. The Morgan fingerprint density at radius 3 is 2.86 bits per heavy atom. The molecule has 2 aromatic rings. The fourth-order valence-electron chi connectivity index (χ4n) is 2.16. The summed E-state index contributed by atoms with van der Waals surface area (Å²) in [4.78, 5) is 4.21. The van der Waals surface area contributed by atoms with Gasteiger partial charge in [-0.1, -0.05) is 19.1 Å². The molecule has 0 saturated carbocycles. The molecule has 0 radical (unpaired) electrons. The van der Waals surface area contributed by atoms with Crippen LogP contribution in [0.4, 0.5) is 4.39 Å². The minimum atomic E-state index is -0.190. The van der Waals surface area contributed by atoms with Gasteiger partial charge in [-0.25, -0.2) is 4.39 Å². The van der Waals surface area contributed by atoms with E-state index in [-0.39, 0.29) is 5.82 Å². The number of nitrogens with zero attached hydrogens (tertiary/aromatic N) is 1. The lowest BCUT2D eigenvalue weighted by atomic mass is 10.1. The van der Waals surface area contributed by atoms with Crippen LogP contribution in [0.25, 0.3) is 0 Å². The maximum absolute atomic E-state index is 13.1. The molecule has 0 aliphatic rings. The van der Waals surface area contributed by atoms with E-state index in [0.29, 0.717) is 5.92 Å². The van der Waals surface area contributed by atoms with Crippen molar-refractivity contribution in [1.82, 2.24) is 10.6 Å². The van der Waals surface area contributed by atoms with E-state index in [1.165, 1.54) is 11.6 Å². The van der Waals surface area contributed by atoms with Gasteiger partial charge in [0, 0.05) is 20.1 Å². The zero-order valence-electron chi connectivity index (χ0n) is 13.0. The SMILES string of the molecule is CN=C(NCCc1cccc(F)c1)NCC(C)c1ccsc1. The van der Waals surface area contributed by atoms with Crippen molar-refractivity contribution in [3.8, 4) is 0 Å². The zero-order chi connectivity index (χ0) is 15.8. The second-order valence-corrected chi connectivity index (χ2v) is 6.00. The molecule has 1 aromatic heterocycles. The van der Waals surface area contributed by atoms with Crippen molar-refractivity contribution in [3.05, 3.63) is 58.0 Å². The van der Waals surface area contributed by atoms with Crippen LogP contribution in [0.5, 0.6) is 0 Å². The molecule has 0 bridgehead atoms. The molecule has 1 heterocycles. The van der Waals surface area contributed by atoms with Crippen molar-refractivity contribution in [2.75, 3.05) is 20.1 Å². The van der Waals surface area contributed by atoms with Crippen molar-refractivity contribution in [3.63, 3.8) is 0 Å². The van der Waals surface area contributed by atoms with Gasteiger partial charge < -0.3 is 10.6 Å². The van der Waals surface area contributed by atoms with E-state index in [1.54, 1.807) is 30.5 Å². The molecule has 2 N–H and O–H groups in total. The van der Waals surface area contributed by atoms with Gasteiger partial charge in [0.2, 0.25) is 0 Å². The number of guanidine groups is 1. The van der Waals surface area contributed by atoms with E-state index in [1.807, 2.05) is 6.07 Å². The first-order valence-electron chi connectivity index (χ1n) is 7.40. The van der Waals surface area contributed by atoms with Crippen LogP contribution in [0, 0.1) is 5.82 Å². The number of hydrogen-bond acceptors (Lipinski definition) is 2. The molecule has 5 heteroatoms. The largest absolute Gasteiger partial charge is 0.356 e. The summed E-state index contributed by atoms with van der Waals surface area (Å²) in [5.41, 5.74) is 2.32. The monoisotopic (exact) mass is 319 g/mol. The lowest BCUT2D eigenvalue weighted by Gasteiger charge is -2.15. The summed E-state index contributed by atoms with van der Waals surface area (Å²) in [5, 5.41) is 10.8. The Balaban J connectivity index is 1.73. The highest BCUT2D eigenvalue weighted by Gasteiger charge is 2.06. The number of aliphatic imine (C=N–C) groups is 1. The number of nitrogens with one attached hydrogen (secondary N) is 2. The summed E-state index contributed by atoms with van der Waals surface area (Å²) in [6, 6.07) is 8.84. The molecule has 0 fully saturated rings. The molecule has 1 aromatic carbocycles. The van der Waals surface area contributed by atoms with Gasteiger partial charge in [0.15, 0.2) is 5.96 Å². The molecule has 0 amide bonds. The van der Waals surface area contributed by atoms with Gasteiger partial charge >= 0.3 is 0 Å². The summed E-state index contributed by atoms with van der Waals surface area (Å²) < 4.78 is 13.1. The van der Waals surface area contributed by atoms with Gasteiger partial charge in [-0.3, -0.25) is 4.99 Å². The van der Waals surface area contributed by atoms with E-state index in [4.69, 9.17) is 0 Å². The van der Waals surface area contributed by atoms with Crippen LogP contribution >= 0.6 is 11.3 Å². The third-order valence-electron chi connectivity index (χ3n) is 3.51. The van der Waals surface area contributed by atoms with Gasteiger partial charge in [0.05, 0.1) is 0 Å². The first-order valence-corrected chi connectivity index (χ1v) is 8.34. The summed E-state index contributed by atoms with van der Waals surface area (Å²) >= 11 is 1.72. The van der Waals surface area contributed by atoms with Crippen molar-refractivity contribution in [2.45, 2.75) is 19.3 Å². The molecule has 3 nitrogen and oxygen atoms in total. The molecule has 1 atom stereocenters. The molecular weight excluding hydrogens is 297 g/mol. The van der Waals surface area contributed by atoms with Crippen LogP contribution in [0.3, 0.4) is 0 Å². The van der Waals surface area contributed by atoms with Gasteiger partial charge in [-0.2, -0.15) is 11.3 Å². The average molecular weight is 319 g/mol. The van der Waals surface area contributed by atoms with Crippen LogP contribution in [-0.4, -0.2) is 26.1 Å². The van der Waals surface area contributed by atoms with Gasteiger partial charge in [0.25, 0.3) is 0 Å². The minimum Gasteiger partial charge on any atom is -0.356 e. The molecule has 118 valence electrons. The summed E-state index contributed by atoms with van der Waals surface area (Å²) in [6.45, 7) is 3.74. The van der Waals surface area contributed by atoms with Crippen LogP contribution in [-0.2, 0) is 6.42 Å². The predicted molar refractivity (Wildman–Crippen MR) is 92.2 cm³/mol. The lowest BCUT2D eigenvalue weighted by Crippen LogP contribution is -2.39. The van der Waals surface area contributed by atoms with Crippen molar-refractivity contribution in [1.29, 1.82) is 0 Å². The number of hydrogen-bond donors (Lipinski definition) is 2. The van der Waals surface area contributed by atoms with Crippen LogP contribution < -0.4 is 10.6 Å². The fraction of sp³-hybridized carbons (Fsp3) is 0.353. The maximum Gasteiger partial charge on any atom is 0.191 e. The lowest BCUT2D eigenvalue weighted by molar-refractivity contribution is 0.625. The highest BCUT2D eigenvalue weighted by molar-refractivity contribution is 7.07. The van der Waals surface area contributed by atoms with Crippen LogP contribution in [0.15, 0.2) is 46.1 Å². The summed E-state index contributed by atoms with van der Waals surface area (Å²) in [6.07, 6.45) is 0.762. The van der Waals surface area contributed by atoms with Crippen LogP contribution in [0.2, 0.25) is 0 Å². The topological polar surface area (TPSA) is 36.4 Å². The second kappa shape index (κ2) is 8.54. The molecule has 1 unspecified atom stereocenters. The Bertz CT molecular complexity index is 596. The Morgan fingerprint density at radius 1 is 1.32 bits per heavy atom. The Kier molecular flexibility index (Phi) is 6.40. The molecule has 0 aliphatic carbocycles. The van der Waals surface area contributed by atoms with Gasteiger partial charge in [-0.05, 0) is 52.4 Å². The Morgan fingerprint density at radius 2 is 2.18 bits per heavy atom. The molecule has 0 saturated heterocycles. The van der Waals surface area contributed by atoms with Gasteiger partial charge in [0.1, 0.15) is 5.82 Å². The van der Waals surface area contributed by atoms with E-state index in [0.717, 1.165) is 31.0 Å². The molecule has 2 rings (SSSR count). The highest BCUT2D eigenvalue weighted by atomic mass is 32.1. The second-order valence-electron chi connectivity index (χ2n) is 5.22. The average Bonchev–Trinajstić information content (AvgIpc) is 3.05.